The molecule has 2 heterocycles. The number of carbonyl (C=O) groups is 1. The lowest BCUT2D eigenvalue weighted by Gasteiger charge is -2.25. The lowest BCUT2D eigenvalue weighted by Crippen LogP contribution is -2.47. The van der Waals surface area contributed by atoms with Gasteiger partial charge in [0.2, 0.25) is 15.9 Å². The summed E-state index contributed by atoms with van der Waals surface area (Å²) in [5, 5.41) is 6.34. The molecule has 1 atom stereocenters. The van der Waals surface area contributed by atoms with Gasteiger partial charge in [0.05, 0.1) is 0 Å². The molecule has 3 rings (SSSR count). The summed E-state index contributed by atoms with van der Waals surface area (Å²) in [6.07, 6.45) is 0.296. The van der Waals surface area contributed by atoms with Crippen LogP contribution in [0.4, 0.5) is 5.69 Å². The molecule has 0 unspecified atom stereocenters. The van der Waals surface area contributed by atoms with Crippen molar-refractivity contribution in [1.82, 2.24) is 9.88 Å². The molecule has 1 aromatic carbocycles. The number of fused-ring (bicyclic) bond motifs is 1. The first-order valence-electron chi connectivity index (χ1n) is 6.72. The number of hydrogen-bond acceptors (Lipinski definition) is 5. The lowest BCUT2D eigenvalue weighted by molar-refractivity contribution is -0.118. The maximum absolute atomic E-state index is 12.5. The van der Waals surface area contributed by atoms with Crippen LogP contribution in [0.2, 0.25) is 0 Å². The zero-order valence-corrected chi connectivity index (χ0v) is 12.9. The summed E-state index contributed by atoms with van der Waals surface area (Å²) in [6, 6.07) is 6.43. The molecule has 7 nitrogen and oxygen atoms in total. The minimum atomic E-state index is -3.88. The van der Waals surface area contributed by atoms with Crippen LogP contribution in [0, 0.1) is 13.8 Å². The molecule has 0 bridgehead atoms. The number of aromatic nitrogens is 1. The summed E-state index contributed by atoms with van der Waals surface area (Å²) in [5.74, 6) is -0.185. The minimum absolute atomic E-state index is 0.0147. The Morgan fingerprint density at radius 2 is 2.05 bits per heavy atom. The number of benzene rings is 1. The fourth-order valence-corrected chi connectivity index (χ4v) is 4.08. The molecule has 8 heteroatoms. The van der Waals surface area contributed by atoms with Crippen LogP contribution in [0.25, 0.3) is 0 Å². The zero-order valence-electron chi connectivity index (χ0n) is 12.1. The third-order valence-corrected chi connectivity index (χ3v) is 5.26. The topological polar surface area (TPSA) is 101 Å². The van der Waals surface area contributed by atoms with E-state index in [1.54, 1.807) is 13.0 Å². The predicted molar refractivity (Wildman–Crippen MR) is 78.9 cm³/mol. The van der Waals surface area contributed by atoms with Gasteiger partial charge in [0, 0.05) is 5.69 Å². The van der Waals surface area contributed by atoms with Crippen molar-refractivity contribution in [3.8, 4) is 0 Å². The average molecular weight is 321 g/mol. The molecule has 0 saturated heterocycles. The number of nitrogens with one attached hydrogen (secondary N) is 2. The van der Waals surface area contributed by atoms with Gasteiger partial charge in [-0.25, -0.2) is 8.42 Å². The minimum Gasteiger partial charge on any atom is -0.360 e. The highest BCUT2D eigenvalue weighted by atomic mass is 32.2. The molecule has 0 saturated carbocycles. The van der Waals surface area contributed by atoms with Gasteiger partial charge in [-0.1, -0.05) is 23.4 Å². The van der Waals surface area contributed by atoms with E-state index in [9.17, 15) is 13.2 Å². The summed E-state index contributed by atoms with van der Waals surface area (Å²) < 4.78 is 32.3. The van der Waals surface area contributed by atoms with Crippen LogP contribution in [0.15, 0.2) is 33.7 Å². The predicted octanol–water partition coefficient (Wildman–Crippen LogP) is 1.13. The van der Waals surface area contributed by atoms with E-state index in [1.807, 2.05) is 18.2 Å². The smallest absolute Gasteiger partial charge is 0.246 e. The number of sulfonamides is 1. The van der Waals surface area contributed by atoms with E-state index in [1.165, 1.54) is 6.92 Å². The van der Waals surface area contributed by atoms with E-state index in [0.29, 0.717) is 12.1 Å². The number of para-hydroxylation sites is 1. The highest BCUT2D eigenvalue weighted by Gasteiger charge is 2.33. The number of carbonyl (C=O) groups excluding carboxylic acids is 1. The Morgan fingerprint density at radius 3 is 2.73 bits per heavy atom. The Kier molecular flexibility index (Phi) is 3.50. The molecule has 0 spiro atoms. The second-order valence-corrected chi connectivity index (χ2v) is 6.83. The Labute approximate surface area is 127 Å². The van der Waals surface area contributed by atoms with Gasteiger partial charge in [-0.2, -0.15) is 4.72 Å². The van der Waals surface area contributed by atoms with E-state index in [0.717, 1.165) is 5.56 Å². The molecule has 1 aromatic heterocycles. The molecule has 0 radical (unpaired) electrons. The first-order chi connectivity index (χ1) is 10.4. The number of anilines is 1. The van der Waals surface area contributed by atoms with Gasteiger partial charge < -0.3 is 9.84 Å². The Balaban J connectivity index is 1.89. The largest absolute Gasteiger partial charge is 0.360 e. The van der Waals surface area contributed by atoms with Crippen LogP contribution in [0.3, 0.4) is 0 Å². The maximum atomic E-state index is 12.5. The van der Waals surface area contributed by atoms with Gasteiger partial charge >= 0.3 is 0 Å². The first-order valence-corrected chi connectivity index (χ1v) is 8.21. The van der Waals surface area contributed by atoms with Crippen molar-refractivity contribution in [3.63, 3.8) is 0 Å². The van der Waals surface area contributed by atoms with Crippen molar-refractivity contribution in [2.24, 2.45) is 0 Å². The SMILES string of the molecule is Cc1noc(C)c1S(=O)(=O)N[C@H]1Cc2ccccc2NC1=O. The Bertz CT molecular complexity index is 822. The van der Waals surface area contributed by atoms with E-state index in [4.69, 9.17) is 4.52 Å². The van der Waals surface area contributed by atoms with Gasteiger partial charge in [0.1, 0.15) is 16.6 Å². The van der Waals surface area contributed by atoms with Crippen LogP contribution in [0.5, 0.6) is 0 Å². The van der Waals surface area contributed by atoms with Crippen LogP contribution < -0.4 is 10.0 Å². The fraction of sp³-hybridized carbons (Fsp3) is 0.286. The van der Waals surface area contributed by atoms with Gasteiger partial charge in [-0.15, -0.1) is 0 Å². The molecule has 2 N–H and O–H groups in total. The van der Waals surface area contributed by atoms with Crippen molar-refractivity contribution in [2.75, 3.05) is 5.32 Å². The van der Waals surface area contributed by atoms with Crippen LogP contribution in [-0.4, -0.2) is 25.5 Å². The summed E-state index contributed by atoms with van der Waals surface area (Å²) in [6.45, 7) is 3.06. The van der Waals surface area contributed by atoms with Crippen molar-refractivity contribution in [3.05, 3.63) is 41.3 Å². The molecule has 1 aliphatic heterocycles. The zero-order chi connectivity index (χ0) is 15.9. The van der Waals surface area contributed by atoms with Crippen molar-refractivity contribution in [1.29, 1.82) is 0 Å². The van der Waals surface area contributed by atoms with E-state index < -0.39 is 16.1 Å². The Morgan fingerprint density at radius 1 is 1.32 bits per heavy atom. The number of amides is 1. The number of nitrogens with zero attached hydrogens (tertiary/aromatic N) is 1. The molecule has 0 fully saturated rings. The van der Waals surface area contributed by atoms with E-state index in [-0.39, 0.29) is 22.3 Å². The molecular formula is C14H15N3O4S. The van der Waals surface area contributed by atoms with Crippen LogP contribution in [-0.2, 0) is 21.2 Å². The van der Waals surface area contributed by atoms with Gasteiger partial charge in [0.25, 0.3) is 0 Å². The summed E-state index contributed by atoms with van der Waals surface area (Å²) in [7, 11) is -3.88. The fourth-order valence-electron chi connectivity index (χ4n) is 2.55. The summed E-state index contributed by atoms with van der Waals surface area (Å²) in [5.41, 5.74) is 1.86. The highest BCUT2D eigenvalue weighted by Crippen LogP contribution is 2.24. The molecule has 1 aliphatic rings. The normalized spacial score (nSPS) is 17.9. The van der Waals surface area contributed by atoms with Crippen molar-refractivity contribution in [2.45, 2.75) is 31.2 Å². The van der Waals surface area contributed by atoms with Crippen LogP contribution in [0.1, 0.15) is 17.0 Å². The average Bonchev–Trinajstić information content (AvgIpc) is 2.79. The molecule has 2 aromatic rings. The standard InChI is InChI=1S/C14H15N3O4S/c1-8-13(9(2)21-16-8)22(19,20)17-12-7-10-5-3-4-6-11(10)15-14(12)18/h3-6,12,17H,7H2,1-2H3,(H,15,18)/t12-/m0/s1. The molecule has 22 heavy (non-hydrogen) atoms. The maximum Gasteiger partial charge on any atom is 0.246 e. The summed E-state index contributed by atoms with van der Waals surface area (Å²) in [4.78, 5) is 12.1. The highest BCUT2D eigenvalue weighted by molar-refractivity contribution is 7.89. The van der Waals surface area contributed by atoms with Gasteiger partial charge in [-0.3, -0.25) is 4.79 Å². The van der Waals surface area contributed by atoms with Gasteiger partial charge in [0.15, 0.2) is 5.76 Å². The van der Waals surface area contributed by atoms with Crippen molar-refractivity contribution >= 4 is 21.6 Å². The second kappa shape index (κ2) is 5.22. The van der Waals surface area contributed by atoms with E-state index in [2.05, 4.69) is 15.2 Å². The van der Waals surface area contributed by atoms with Crippen molar-refractivity contribution < 1.29 is 17.7 Å². The lowest BCUT2D eigenvalue weighted by atomic mass is 10.00. The third-order valence-electron chi connectivity index (χ3n) is 3.55. The second-order valence-electron chi connectivity index (χ2n) is 5.18. The van der Waals surface area contributed by atoms with Crippen LogP contribution >= 0.6 is 0 Å². The van der Waals surface area contributed by atoms with E-state index >= 15 is 0 Å². The summed E-state index contributed by atoms with van der Waals surface area (Å²) >= 11 is 0. The first kappa shape index (κ1) is 14.7. The molecule has 116 valence electrons. The molecule has 0 aliphatic carbocycles. The molecule has 1 amide bonds. The number of hydrogen-bond donors (Lipinski definition) is 2. The quantitative estimate of drug-likeness (QED) is 0.882. The Hall–Kier alpha value is -2.19. The monoisotopic (exact) mass is 321 g/mol. The molecular weight excluding hydrogens is 306 g/mol. The third kappa shape index (κ3) is 2.51. The van der Waals surface area contributed by atoms with Gasteiger partial charge in [-0.05, 0) is 31.9 Å². The number of aryl methyl sites for hydroxylation is 2. The number of rotatable bonds is 3.